The summed E-state index contributed by atoms with van der Waals surface area (Å²) < 4.78 is 0. The smallest absolute Gasteiger partial charge is 0.321 e. The average molecular weight is 377 g/mol. The average Bonchev–Trinajstić information content (AvgIpc) is 3.27. The van der Waals surface area contributed by atoms with Gasteiger partial charge in [-0.05, 0) is 60.9 Å². The number of urea groups is 1. The van der Waals surface area contributed by atoms with E-state index in [1.807, 2.05) is 41.3 Å². The second-order valence-corrected chi connectivity index (χ2v) is 7.69. The Morgan fingerprint density at radius 3 is 2.68 bits per heavy atom. The van der Waals surface area contributed by atoms with Crippen molar-refractivity contribution in [1.82, 2.24) is 10.2 Å². The van der Waals surface area contributed by atoms with Gasteiger partial charge in [-0.25, -0.2) is 4.79 Å². The molecule has 1 atom stereocenters. The van der Waals surface area contributed by atoms with Crippen LogP contribution in [0, 0.1) is 0 Å². The van der Waals surface area contributed by atoms with Gasteiger partial charge in [0.25, 0.3) is 0 Å². The number of anilines is 1. The van der Waals surface area contributed by atoms with Crippen LogP contribution in [-0.2, 0) is 17.8 Å². The van der Waals surface area contributed by atoms with Crippen molar-refractivity contribution in [2.75, 3.05) is 18.4 Å². The first kappa shape index (κ1) is 18.5. The second kappa shape index (κ2) is 8.46. The van der Waals surface area contributed by atoms with E-state index in [1.165, 1.54) is 5.56 Å². The molecule has 0 aromatic heterocycles. The van der Waals surface area contributed by atoms with Crippen LogP contribution < -0.4 is 10.6 Å². The van der Waals surface area contributed by atoms with Crippen molar-refractivity contribution in [3.63, 3.8) is 0 Å². The molecular formula is C23H27N3O2. The Hall–Kier alpha value is -2.82. The molecule has 2 aliphatic rings. The number of aryl methyl sites for hydroxylation is 1. The van der Waals surface area contributed by atoms with Crippen molar-refractivity contribution in [2.24, 2.45) is 0 Å². The Labute approximate surface area is 166 Å². The fourth-order valence-corrected chi connectivity index (χ4v) is 4.22. The van der Waals surface area contributed by atoms with E-state index < -0.39 is 0 Å². The minimum Gasteiger partial charge on any atom is -0.351 e. The summed E-state index contributed by atoms with van der Waals surface area (Å²) in [5.74, 6) is 0.0154. The van der Waals surface area contributed by atoms with Crippen LogP contribution in [-0.4, -0.2) is 29.9 Å². The first-order valence-electron chi connectivity index (χ1n) is 10.2. The summed E-state index contributed by atoms with van der Waals surface area (Å²) in [5.41, 5.74) is 4.21. The molecule has 2 aromatic rings. The van der Waals surface area contributed by atoms with Gasteiger partial charge in [0.05, 0.1) is 5.92 Å². The number of fused-ring (bicyclic) bond motifs is 1. The van der Waals surface area contributed by atoms with Gasteiger partial charge >= 0.3 is 6.03 Å². The molecule has 0 unspecified atom stereocenters. The lowest BCUT2D eigenvalue weighted by Gasteiger charge is -2.24. The molecule has 0 bridgehead atoms. The highest BCUT2D eigenvalue weighted by Gasteiger charge is 2.25. The van der Waals surface area contributed by atoms with Gasteiger partial charge < -0.3 is 15.5 Å². The van der Waals surface area contributed by atoms with Gasteiger partial charge in [0.1, 0.15) is 0 Å². The van der Waals surface area contributed by atoms with Gasteiger partial charge in [0.2, 0.25) is 5.91 Å². The van der Waals surface area contributed by atoms with E-state index in [0.717, 1.165) is 62.0 Å². The van der Waals surface area contributed by atoms with Gasteiger partial charge in [0.15, 0.2) is 0 Å². The zero-order chi connectivity index (χ0) is 19.3. The largest absolute Gasteiger partial charge is 0.351 e. The number of nitrogens with one attached hydrogen (secondary N) is 2. The maximum atomic E-state index is 12.8. The molecule has 1 aliphatic heterocycles. The lowest BCUT2D eigenvalue weighted by atomic mass is 9.82. The molecule has 0 saturated carbocycles. The summed E-state index contributed by atoms with van der Waals surface area (Å²) in [6.07, 6.45) is 5.15. The Morgan fingerprint density at radius 2 is 1.82 bits per heavy atom. The lowest BCUT2D eigenvalue weighted by Crippen LogP contribution is -2.32. The molecule has 5 nitrogen and oxygen atoms in total. The van der Waals surface area contributed by atoms with Crippen LogP contribution >= 0.6 is 0 Å². The zero-order valence-corrected chi connectivity index (χ0v) is 16.1. The number of likely N-dealkylation sites (tertiary alicyclic amines) is 1. The maximum Gasteiger partial charge on any atom is 0.321 e. The van der Waals surface area contributed by atoms with Crippen LogP contribution in [0.4, 0.5) is 10.5 Å². The number of carbonyl (C=O) groups is 2. The highest BCUT2D eigenvalue weighted by atomic mass is 16.2. The van der Waals surface area contributed by atoms with Crippen LogP contribution in [0.3, 0.4) is 0 Å². The van der Waals surface area contributed by atoms with E-state index in [0.29, 0.717) is 6.54 Å². The van der Waals surface area contributed by atoms with E-state index in [1.54, 1.807) is 0 Å². The van der Waals surface area contributed by atoms with Gasteiger partial charge in [-0.1, -0.05) is 36.4 Å². The van der Waals surface area contributed by atoms with E-state index in [4.69, 9.17) is 0 Å². The van der Waals surface area contributed by atoms with Crippen LogP contribution in [0.1, 0.15) is 48.3 Å². The highest BCUT2D eigenvalue weighted by Crippen LogP contribution is 2.31. The summed E-state index contributed by atoms with van der Waals surface area (Å²) in [5, 5.41) is 6.05. The van der Waals surface area contributed by atoms with E-state index in [-0.39, 0.29) is 17.9 Å². The van der Waals surface area contributed by atoms with Gasteiger partial charge in [-0.3, -0.25) is 4.79 Å². The molecule has 1 fully saturated rings. The summed E-state index contributed by atoms with van der Waals surface area (Å²) in [7, 11) is 0. The summed E-state index contributed by atoms with van der Waals surface area (Å²) in [4.78, 5) is 26.9. The molecule has 4 rings (SSSR count). The quantitative estimate of drug-likeness (QED) is 0.844. The van der Waals surface area contributed by atoms with Crippen LogP contribution in [0.2, 0.25) is 0 Å². The highest BCUT2D eigenvalue weighted by molar-refractivity contribution is 5.89. The Morgan fingerprint density at radius 1 is 1.00 bits per heavy atom. The second-order valence-electron chi connectivity index (χ2n) is 7.69. The number of hydrogen-bond acceptors (Lipinski definition) is 2. The first-order valence-corrected chi connectivity index (χ1v) is 10.2. The van der Waals surface area contributed by atoms with Gasteiger partial charge in [0, 0.05) is 25.3 Å². The lowest BCUT2D eigenvalue weighted by molar-refractivity contribution is -0.123. The number of rotatable bonds is 4. The number of carbonyl (C=O) groups excluding carboxylic acids is 2. The molecule has 2 aromatic carbocycles. The van der Waals surface area contributed by atoms with E-state index in [9.17, 15) is 9.59 Å². The van der Waals surface area contributed by atoms with Crippen molar-refractivity contribution in [3.05, 3.63) is 65.2 Å². The molecular weight excluding hydrogens is 350 g/mol. The normalized spacial score (nSPS) is 18.4. The fraction of sp³-hybridized carbons (Fsp3) is 0.391. The minimum atomic E-state index is -0.0667. The Kier molecular flexibility index (Phi) is 5.60. The van der Waals surface area contributed by atoms with Gasteiger partial charge in [-0.15, -0.1) is 0 Å². The zero-order valence-electron chi connectivity index (χ0n) is 16.1. The van der Waals surface area contributed by atoms with Crippen LogP contribution in [0.5, 0.6) is 0 Å². The molecule has 28 heavy (non-hydrogen) atoms. The summed E-state index contributed by atoms with van der Waals surface area (Å²) in [6, 6.07) is 15.9. The molecule has 1 aliphatic carbocycles. The third-order valence-electron chi connectivity index (χ3n) is 5.72. The third-order valence-corrected chi connectivity index (χ3v) is 5.72. The standard InChI is InChI=1S/C23H27N3O2/c27-22(21-12-6-9-18-8-1-2-11-20(18)21)24-16-17-7-5-10-19(15-17)25-23(28)26-13-3-4-14-26/h1-2,5,7-8,10-11,15,21H,3-4,6,9,12-14,16H2,(H,24,27)(H,25,28)/t21-/m0/s1. The van der Waals surface area contributed by atoms with Crippen molar-refractivity contribution >= 4 is 17.6 Å². The summed E-state index contributed by atoms with van der Waals surface area (Å²) >= 11 is 0. The molecule has 0 spiro atoms. The fourth-order valence-electron chi connectivity index (χ4n) is 4.22. The van der Waals surface area contributed by atoms with Crippen molar-refractivity contribution in [3.8, 4) is 0 Å². The van der Waals surface area contributed by atoms with Crippen LogP contribution in [0.25, 0.3) is 0 Å². The Balaban J connectivity index is 1.36. The van der Waals surface area contributed by atoms with Crippen molar-refractivity contribution < 1.29 is 9.59 Å². The number of hydrogen-bond donors (Lipinski definition) is 2. The van der Waals surface area contributed by atoms with Crippen LogP contribution in [0.15, 0.2) is 48.5 Å². The van der Waals surface area contributed by atoms with E-state index in [2.05, 4.69) is 22.8 Å². The molecule has 1 heterocycles. The topological polar surface area (TPSA) is 61.4 Å². The molecule has 3 amide bonds. The van der Waals surface area contributed by atoms with Crippen molar-refractivity contribution in [1.29, 1.82) is 0 Å². The molecule has 146 valence electrons. The molecule has 0 radical (unpaired) electrons. The predicted molar refractivity (Wildman–Crippen MR) is 110 cm³/mol. The molecule has 2 N–H and O–H groups in total. The Bertz CT molecular complexity index is 858. The van der Waals surface area contributed by atoms with Crippen molar-refractivity contribution in [2.45, 2.75) is 44.6 Å². The number of benzene rings is 2. The first-order chi connectivity index (χ1) is 13.7. The molecule has 5 heteroatoms. The number of nitrogens with zero attached hydrogens (tertiary/aromatic N) is 1. The predicted octanol–water partition coefficient (Wildman–Crippen LogP) is 4.05. The molecule has 1 saturated heterocycles. The SMILES string of the molecule is O=C(NCc1cccc(NC(=O)N2CCCC2)c1)[C@H]1CCCc2ccccc21. The minimum absolute atomic E-state index is 0.0440. The van der Waals surface area contributed by atoms with E-state index >= 15 is 0 Å². The van der Waals surface area contributed by atoms with Gasteiger partial charge in [-0.2, -0.15) is 0 Å². The number of amides is 3. The monoisotopic (exact) mass is 377 g/mol. The maximum absolute atomic E-state index is 12.8. The summed E-state index contributed by atoms with van der Waals surface area (Å²) in [6.45, 7) is 2.11. The third kappa shape index (κ3) is 4.19.